The summed E-state index contributed by atoms with van der Waals surface area (Å²) in [6.45, 7) is 4.22. The van der Waals surface area contributed by atoms with Crippen LogP contribution in [0.5, 0.6) is 0 Å². The van der Waals surface area contributed by atoms with Crippen molar-refractivity contribution in [1.82, 2.24) is 0 Å². The summed E-state index contributed by atoms with van der Waals surface area (Å²) in [5.41, 5.74) is 0. The SMILES string of the molecule is CCCCCCCC/C=C\CCCCCCC(C)C(=O)OC. The van der Waals surface area contributed by atoms with Crippen molar-refractivity contribution < 1.29 is 9.53 Å². The van der Waals surface area contributed by atoms with Gasteiger partial charge in [0.05, 0.1) is 13.0 Å². The molecule has 0 spiro atoms. The lowest BCUT2D eigenvalue weighted by molar-refractivity contribution is -0.145. The second-order valence-electron chi connectivity index (χ2n) is 6.44. The maximum absolute atomic E-state index is 11.2. The van der Waals surface area contributed by atoms with Gasteiger partial charge in [0.1, 0.15) is 0 Å². The molecule has 2 nitrogen and oxygen atoms in total. The van der Waals surface area contributed by atoms with Crippen LogP contribution in [-0.4, -0.2) is 13.1 Å². The number of hydrogen-bond donors (Lipinski definition) is 0. The number of rotatable bonds is 15. The van der Waals surface area contributed by atoms with Crippen molar-refractivity contribution in [2.45, 2.75) is 97.3 Å². The number of esters is 1. The largest absolute Gasteiger partial charge is 0.469 e. The van der Waals surface area contributed by atoms with Gasteiger partial charge < -0.3 is 4.74 Å². The summed E-state index contributed by atoms with van der Waals surface area (Å²) in [6, 6.07) is 0. The molecule has 0 aromatic carbocycles. The lowest BCUT2D eigenvalue weighted by Crippen LogP contribution is -2.12. The van der Waals surface area contributed by atoms with Gasteiger partial charge in [-0.3, -0.25) is 4.79 Å². The summed E-state index contributed by atoms with van der Waals surface area (Å²) >= 11 is 0. The van der Waals surface area contributed by atoms with Crippen molar-refractivity contribution in [2.24, 2.45) is 5.92 Å². The predicted molar refractivity (Wildman–Crippen MR) is 96.0 cm³/mol. The Bertz CT molecular complexity index is 271. The molecule has 1 atom stereocenters. The van der Waals surface area contributed by atoms with E-state index in [0.717, 1.165) is 12.8 Å². The lowest BCUT2D eigenvalue weighted by Gasteiger charge is -2.08. The first-order valence-corrected chi connectivity index (χ1v) is 9.45. The van der Waals surface area contributed by atoms with Crippen molar-refractivity contribution in [3.8, 4) is 0 Å². The smallest absolute Gasteiger partial charge is 0.308 e. The third-order valence-corrected chi connectivity index (χ3v) is 4.25. The van der Waals surface area contributed by atoms with E-state index in [9.17, 15) is 4.79 Å². The minimum atomic E-state index is -0.0716. The first kappa shape index (κ1) is 21.2. The van der Waals surface area contributed by atoms with Gasteiger partial charge in [0, 0.05) is 0 Å². The molecule has 0 N–H and O–H groups in total. The zero-order valence-corrected chi connectivity index (χ0v) is 15.2. The van der Waals surface area contributed by atoms with Gasteiger partial charge in [0.25, 0.3) is 0 Å². The van der Waals surface area contributed by atoms with Crippen molar-refractivity contribution in [1.29, 1.82) is 0 Å². The fraction of sp³-hybridized carbons (Fsp3) is 0.850. The van der Waals surface area contributed by atoms with Crippen LogP contribution in [-0.2, 0) is 9.53 Å². The molecule has 0 saturated heterocycles. The molecule has 0 aliphatic carbocycles. The van der Waals surface area contributed by atoms with E-state index in [1.807, 2.05) is 6.92 Å². The Morgan fingerprint density at radius 1 is 0.864 bits per heavy atom. The molecule has 0 rings (SSSR count). The van der Waals surface area contributed by atoms with Gasteiger partial charge in [-0.05, 0) is 32.1 Å². The Kier molecular flexibility index (Phi) is 16.0. The van der Waals surface area contributed by atoms with Crippen LogP contribution in [0.2, 0.25) is 0 Å². The molecule has 0 bridgehead atoms. The van der Waals surface area contributed by atoms with E-state index in [1.54, 1.807) is 0 Å². The topological polar surface area (TPSA) is 26.3 Å². The van der Waals surface area contributed by atoms with Crippen LogP contribution in [0.15, 0.2) is 12.2 Å². The molecule has 0 aromatic heterocycles. The van der Waals surface area contributed by atoms with E-state index in [-0.39, 0.29) is 11.9 Å². The average molecular weight is 311 g/mol. The van der Waals surface area contributed by atoms with Crippen LogP contribution >= 0.6 is 0 Å². The van der Waals surface area contributed by atoms with Crippen LogP contribution in [0.4, 0.5) is 0 Å². The highest BCUT2D eigenvalue weighted by Gasteiger charge is 2.11. The number of unbranched alkanes of at least 4 members (excludes halogenated alkanes) is 10. The van der Waals surface area contributed by atoms with E-state index >= 15 is 0 Å². The molecule has 0 amide bonds. The van der Waals surface area contributed by atoms with E-state index in [2.05, 4.69) is 19.1 Å². The third-order valence-electron chi connectivity index (χ3n) is 4.25. The molecule has 0 saturated carbocycles. The summed E-state index contributed by atoms with van der Waals surface area (Å²) in [6.07, 6.45) is 21.3. The first-order valence-electron chi connectivity index (χ1n) is 9.45. The second kappa shape index (κ2) is 16.6. The van der Waals surface area contributed by atoms with E-state index in [0.29, 0.717) is 0 Å². The highest BCUT2D eigenvalue weighted by atomic mass is 16.5. The van der Waals surface area contributed by atoms with Gasteiger partial charge in [0.15, 0.2) is 0 Å². The average Bonchev–Trinajstić information content (AvgIpc) is 2.54. The zero-order chi connectivity index (χ0) is 16.5. The highest BCUT2D eigenvalue weighted by molar-refractivity contribution is 5.71. The molecule has 0 aliphatic rings. The van der Waals surface area contributed by atoms with Crippen molar-refractivity contribution in [3.05, 3.63) is 12.2 Å². The summed E-state index contributed by atoms with van der Waals surface area (Å²) in [4.78, 5) is 11.2. The van der Waals surface area contributed by atoms with Crippen LogP contribution < -0.4 is 0 Å². The molecule has 0 radical (unpaired) electrons. The lowest BCUT2D eigenvalue weighted by atomic mass is 10.0. The number of ether oxygens (including phenoxy) is 1. The van der Waals surface area contributed by atoms with E-state index in [4.69, 9.17) is 4.74 Å². The minimum absolute atomic E-state index is 0.0576. The summed E-state index contributed by atoms with van der Waals surface area (Å²) in [7, 11) is 1.47. The Balaban J connectivity index is 3.22. The fourth-order valence-electron chi connectivity index (χ4n) is 2.66. The monoisotopic (exact) mass is 310 g/mol. The molecule has 1 unspecified atom stereocenters. The summed E-state index contributed by atoms with van der Waals surface area (Å²) in [5, 5.41) is 0. The van der Waals surface area contributed by atoms with Crippen LogP contribution in [0, 0.1) is 5.92 Å². The number of methoxy groups -OCH3 is 1. The van der Waals surface area contributed by atoms with Crippen LogP contribution in [0.1, 0.15) is 97.3 Å². The highest BCUT2D eigenvalue weighted by Crippen LogP contribution is 2.13. The van der Waals surface area contributed by atoms with Crippen LogP contribution in [0.3, 0.4) is 0 Å². The van der Waals surface area contributed by atoms with Crippen molar-refractivity contribution >= 4 is 5.97 Å². The summed E-state index contributed by atoms with van der Waals surface area (Å²) < 4.78 is 4.73. The van der Waals surface area contributed by atoms with Gasteiger partial charge in [-0.1, -0.05) is 77.4 Å². The molecule has 0 fully saturated rings. The minimum Gasteiger partial charge on any atom is -0.469 e. The Labute approximate surface area is 138 Å². The van der Waals surface area contributed by atoms with Gasteiger partial charge in [-0.2, -0.15) is 0 Å². The molecular weight excluding hydrogens is 272 g/mol. The molecule has 2 heteroatoms. The molecule has 0 heterocycles. The van der Waals surface area contributed by atoms with Gasteiger partial charge >= 0.3 is 5.97 Å². The zero-order valence-electron chi connectivity index (χ0n) is 15.2. The van der Waals surface area contributed by atoms with Crippen LogP contribution in [0.25, 0.3) is 0 Å². The van der Waals surface area contributed by atoms with E-state index < -0.39 is 0 Å². The number of carbonyl (C=O) groups is 1. The maximum Gasteiger partial charge on any atom is 0.308 e. The quantitative estimate of drug-likeness (QED) is 0.197. The fourth-order valence-corrected chi connectivity index (χ4v) is 2.66. The Hall–Kier alpha value is -0.790. The third kappa shape index (κ3) is 14.2. The predicted octanol–water partition coefficient (Wildman–Crippen LogP) is 6.44. The first-order chi connectivity index (χ1) is 10.7. The number of carbonyl (C=O) groups excluding carboxylic acids is 1. The molecular formula is C20H38O2. The number of hydrogen-bond acceptors (Lipinski definition) is 2. The van der Waals surface area contributed by atoms with E-state index in [1.165, 1.54) is 77.7 Å². The molecule has 0 aliphatic heterocycles. The Morgan fingerprint density at radius 3 is 1.91 bits per heavy atom. The maximum atomic E-state index is 11.2. The van der Waals surface area contributed by atoms with Crippen molar-refractivity contribution in [3.63, 3.8) is 0 Å². The molecule has 22 heavy (non-hydrogen) atoms. The molecule has 130 valence electrons. The van der Waals surface area contributed by atoms with Gasteiger partial charge in [-0.25, -0.2) is 0 Å². The van der Waals surface area contributed by atoms with Crippen molar-refractivity contribution in [2.75, 3.05) is 7.11 Å². The normalized spacial score (nSPS) is 12.7. The summed E-state index contributed by atoms with van der Waals surface area (Å²) in [5.74, 6) is -0.0140. The van der Waals surface area contributed by atoms with Gasteiger partial charge in [-0.15, -0.1) is 0 Å². The number of allylic oxidation sites excluding steroid dienone is 2. The van der Waals surface area contributed by atoms with Gasteiger partial charge in [0.2, 0.25) is 0 Å². The Morgan fingerprint density at radius 2 is 1.36 bits per heavy atom. The molecule has 0 aromatic rings. The standard InChI is InChI=1S/C20H38O2/c1-4-5-6-7-8-9-10-11-12-13-14-15-16-17-18-19(2)20(21)22-3/h11-12,19H,4-10,13-18H2,1-3H3/b12-11-. The second-order valence-corrected chi connectivity index (χ2v) is 6.44.